The van der Waals surface area contributed by atoms with Gasteiger partial charge in [-0.2, -0.15) is 0 Å². The lowest BCUT2D eigenvalue weighted by Gasteiger charge is -2.14. The first kappa shape index (κ1) is 17.3. The maximum Gasteiger partial charge on any atom is 0.220 e. The van der Waals surface area contributed by atoms with Crippen LogP contribution in [0.1, 0.15) is 32.3 Å². The van der Waals surface area contributed by atoms with Crippen molar-refractivity contribution in [1.82, 2.24) is 5.32 Å². The molecule has 2 atom stereocenters. The third kappa shape index (κ3) is 6.60. The molecule has 1 aromatic rings. The Bertz CT molecular complexity index is 449. The first-order valence-corrected chi connectivity index (χ1v) is 7.52. The molecule has 0 radical (unpaired) electrons. The van der Waals surface area contributed by atoms with Crippen molar-refractivity contribution in [3.63, 3.8) is 0 Å². The zero-order valence-corrected chi connectivity index (χ0v) is 13.3. The van der Waals surface area contributed by atoms with E-state index >= 15 is 0 Å². The highest BCUT2D eigenvalue weighted by atomic mass is 35.5. The van der Waals surface area contributed by atoms with Crippen molar-refractivity contribution in [1.29, 1.82) is 0 Å². The molecule has 1 amide bonds. The van der Waals surface area contributed by atoms with Gasteiger partial charge in [0.05, 0.1) is 6.10 Å². The molecule has 0 aliphatic heterocycles. The van der Waals surface area contributed by atoms with Crippen molar-refractivity contribution in [2.45, 2.75) is 39.2 Å². The van der Waals surface area contributed by atoms with Gasteiger partial charge in [-0.25, -0.2) is 0 Å². The number of carbonyl (C=O) groups excluding carboxylic acids is 1. The fourth-order valence-electron chi connectivity index (χ4n) is 2.01. The van der Waals surface area contributed by atoms with Crippen molar-refractivity contribution in [3.05, 3.63) is 33.8 Å². The molecule has 5 heteroatoms. The molecule has 0 saturated carbocycles. The van der Waals surface area contributed by atoms with Crippen molar-refractivity contribution in [2.24, 2.45) is 5.92 Å². The normalized spacial score (nSPS) is 13.8. The summed E-state index contributed by atoms with van der Waals surface area (Å²) >= 11 is 11.9. The summed E-state index contributed by atoms with van der Waals surface area (Å²) in [5.74, 6) is 0.256. The van der Waals surface area contributed by atoms with E-state index in [1.165, 1.54) is 0 Å². The molecule has 0 fully saturated rings. The largest absolute Gasteiger partial charge is 0.393 e. The Morgan fingerprint density at radius 3 is 2.65 bits per heavy atom. The van der Waals surface area contributed by atoms with Crippen LogP contribution >= 0.6 is 23.2 Å². The summed E-state index contributed by atoms with van der Waals surface area (Å²) in [4.78, 5) is 11.7. The average molecular weight is 318 g/mol. The minimum atomic E-state index is -0.338. The monoisotopic (exact) mass is 317 g/mol. The quantitative estimate of drug-likeness (QED) is 0.809. The number of nitrogens with one attached hydrogen (secondary N) is 1. The predicted molar refractivity (Wildman–Crippen MR) is 83.3 cm³/mol. The fraction of sp³-hybridized carbons (Fsp3) is 0.533. The van der Waals surface area contributed by atoms with Gasteiger partial charge < -0.3 is 10.4 Å². The molecule has 1 rings (SSSR count). The van der Waals surface area contributed by atoms with Gasteiger partial charge in [-0.3, -0.25) is 4.79 Å². The molecule has 2 N–H and O–H groups in total. The predicted octanol–water partition coefficient (Wildman–Crippen LogP) is 3.45. The molecule has 0 saturated heterocycles. The number of hydrogen-bond acceptors (Lipinski definition) is 2. The number of benzene rings is 1. The van der Waals surface area contributed by atoms with Crippen LogP contribution in [0.3, 0.4) is 0 Å². The molecule has 0 bridgehead atoms. The van der Waals surface area contributed by atoms with E-state index in [1.54, 1.807) is 19.1 Å². The second-order valence-corrected chi connectivity index (χ2v) is 6.07. The van der Waals surface area contributed by atoms with E-state index in [4.69, 9.17) is 23.2 Å². The Hall–Kier alpha value is -0.770. The van der Waals surface area contributed by atoms with Crippen molar-refractivity contribution in [2.75, 3.05) is 6.54 Å². The average Bonchev–Trinajstić information content (AvgIpc) is 2.34. The van der Waals surface area contributed by atoms with E-state index in [9.17, 15) is 9.90 Å². The summed E-state index contributed by atoms with van der Waals surface area (Å²) in [6.45, 7) is 4.34. The van der Waals surface area contributed by atoms with Gasteiger partial charge in [0.2, 0.25) is 5.91 Å². The van der Waals surface area contributed by atoms with Gasteiger partial charge in [-0.1, -0.05) is 36.2 Å². The van der Waals surface area contributed by atoms with Crippen LogP contribution in [0.2, 0.25) is 10.0 Å². The number of aryl methyl sites for hydroxylation is 1. The number of amides is 1. The zero-order valence-electron chi connectivity index (χ0n) is 11.8. The highest BCUT2D eigenvalue weighted by molar-refractivity contribution is 6.35. The molecular weight excluding hydrogens is 297 g/mol. The van der Waals surface area contributed by atoms with E-state index in [-0.39, 0.29) is 17.9 Å². The Morgan fingerprint density at radius 1 is 1.35 bits per heavy atom. The maximum absolute atomic E-state index is 11.7. The molecular formula is C15H21Cl2NO2. The van der Waals surface area contributed by atoms with Crippen molar-refractivity contribution < 1.29 is 9.90 Å². The molecule has 0 aliphatic rings. The number of rotatable bonds is 7. The second-order valence-electron chi connectivity index (χ2n) is 5.23. The van der Waals surface area contributed by atoms with Gasteiger partial charge >= 0.3 is 0 Å². The number of halogens is 2. The SMILES string of the molecule is CC(O)CC(C)CNC(=O)CCc1ccc(Cl)cc1Cl. The first-order chi connectivity index (χ1) is 9.38. The fourth-order valence-corrected chi connectivity index (χ4v) is 2.52. The first-order valence-electron chi connectivity index (χ1n) is 6.77. The van der Waals surface area contributed by atoms with E-state index in [0.29, 0.717) is 35.9 Å². The summed E-state index contributed by atoms with van der Waals surface area (Å²) in [5, 5.41) is 13.3. The summed E-state index contributed by atoms with van der Waals surface area (Å²) < 4.78 is 0. The Kier molecular flexibility index (Phi) is 7.35. The van der Waals surface area contributed by atoms with Crippen LogP contribution in [0.4, 0.5) is 0 Å². The lowest BCUT2D eigenvalue weighted by molar-refractivity contribution is -0.121. The molecule has 0 heterocycles. The van der Waals surface area contributed by atoms with E-state index in [2.05, 4.69) is 5.32 Å². The lowest BCUT2D eigenvalue weighted by atomic mass is 10.0. The maximum atomic E-state index is 11.7. The van der Waals surface area contributed by atoms with Crippen LogP contribution in [0.25, 0.3) is 0 Å². The van der Waals surface area contributed by atoms with Crippen LogP contribution in [0, 0.1) is 5.92 Å². The zero-order chi connectivity index (χ0) is 15.1. The van der Waals surface area contributed by atoms with Gasteiger partial charge in [0.15, 0.2) is 0 Å². The topological polar surface area (TPSA) is 49.3 Å². The standard InChI is InChI=1S/C15H21Cl2NO2/c1-10(7-11(2)19)9-18-15(20)6-4-12-3-5-13(16)8-14(12)17/h3,5,8,10-11,19H,4,6-7,9H2,1-2H3,(H,18,20). The van der Waals surface area contributed by atoms with Gasteiger partial charge in [0, 0.05) is 23.0 Å². The van der Waals surface area contributed by atoms with Gasteiger partial charge in [-0.15, -0.1) is 0 Å². The van der Waals surface area contributed by atoms with Crippen LogP contribution < -0.4 is 5.32 Å². The highest BCUT2D eigenvalue weighted by Crippen LogP contribution is 2.22. The third-order valence-corrected chi connectivity index (χ3v) is 3.61. The van der Waals surface area contributed by atoms with Gasteiger partial charge in [0.25, 0.3) is 0 Å². The van der Waals surface area contributed by atoms with E-state index < -0.39 is 0 Å². The summed E-state index contributed by atoms with van der Waals surface area (Å²) in [5.41, 5.74) is 0.920. The van der Waals surface area contributed by atoms with Gasteiger partial charge in [-0.05, 0) is 43.4 Å². The molecule has 0 aromatic heterocycles. The van der Waals surface area contributed by atoms with Crippen LogP contribution in [-0.4, -0.2) is 23.7 Å². The van der Waals surface area contributed by atoms with Crippen LogP contribution in [-0.2, 0) is 11.2 Å². The molecule has 112 valence electrons. The summed E-state index contributed by atoms with van der Waals surface area (Å²) in [6.07, 6.45) is 1.33. The van der Waals surface area contributed by atoms with E-state index in [1.807, 2.05) is 13.0 Å². The smallest absolute Gasteiger partial charge is 0.220 e. The summed E-state index contributed by atoms with van der Waals surface area (Å²) in [7, 11) is 0. The Morgan fingerprint density at radius 2 is 2.05 bits per heavy atom. The number of hydrogen-bond donors (Lipinski definition) is 2. The number of carbonyl (C=O) groups is 1. The molecule has 20 heavy (non-hydrogen) atoms. The third-order valence-electron chi connectivity index (χ3n) is 3.03. The minimum absolute atomic E-state index is 0.00606. The summed E-state index contributed by atoms with van der Waals surface area (Å²) in [6, 6.07) is 5.29. The Balaban J connectivity index is 2.33. The lowest BCUT2D eigenvalue weighted by Crippen LogP contribution is -2.29. The van der Waals surface area contributed by atoms with Crippen LogP contribution in [0.5, 0.6) is 0 Å². The Labute approximate surface area is 130 Å². The van der Waals surface area contributed by atoms with Gasteiger partial charge in [0.1, 0.15) is 0 Å². The molecule has 3 nitrogen and oxygen atoms in total. The number of aliphatic hydroxyl groups is 1. The van der Waals surface area contributed by atoms with Crippen molar-refractivity contribution >= 4 is 29.1 Å². The second kappa shape index (κ2) is 8.50. The molecule has 0 aliphatic carbocycles. The molecule has 1 aromatic carbocycles. The number of aliphatic hydroxyl groups excluding tert-OH is 1. The molecule has 0 spiro atoms. The minimum Gasteiger partial charge on any atom is -0.393 e. The van der Waals surface area contributed by atoms with E-state index in [0.717, 1.165) is 5.56 Å². The highest BCUT2D eigenvalue weighted by Gasteiger charge is 2.09. The molecule has 2 unspecified atom stereocenters. The van der Waals surface area contributed by atoms with Crippen LogP contribution in [0.15, 0.2) is 18.2 Å². The van der Waals surface area contributed by atoms with Crippen molar-refractivity contribution in [3.8, 4) is 0 Å².